The predicted molar refractivity (Wildman–Crippen MR) is 86.0 cm³/mol. The highest BCUT2D eigenvalue weighted by Crippen LogP contribution is 2.09. The zero-order valence-corrected chi connectivity index (χ0v) is 13.1. The lowest BCUT2D eigenvalue weighted by atomic mass is 10.1. The molecule has 0 aliphatic rings. The van der Waals surface area contributed by atoms with E-state index in [-0.39, 0.29) is 6.42 Å². The molecule has 0 aliphatic carbocycles. The Labute approximate surface area is 135 Å². The standard InChI is InChI=1S/C15H13IN2O3/c16-12-3-1-10(2-4-12)9-13(15(20)21)18-14(19)11-5-7-17-8-6-11/h1-8,13H,9H2,(H,18,19)(H,20,21)/t13-/m1/s1. The number of halogens is 1. The molecular weight excluding hydrogens is 383 g/mol. The normalized spacial score (nSPS) is 11.7. The summed E-state index contributed by atoms with van der Waals surface area (Å²) < 4.78 is 1.07. The lowest BCUT2D eigenvalue weighted by Gasteiger charge is -2.14. The monoisotopic (exact) mass is 396 g/mol. The van der Waals surface area contributed by atoms with Crippen LogP contribution in [-0.4, -0.2) is 28.0 Å². The minimum absolute atomic E-state index is 0.239. The van der Waals surface area contributed by atoms with Crippen LogP contribution in [0.3, 0.4) is 0 Å². The second-order valence-electron chi connectivity index (χ2n) is 4.43. The van der Waals surface area contributed by atoms with Crippen molar-refractivity contribution in [2.45, 2.75) is 12.5 Å². The van der Waals surface area contributed by atoms with Crippen molar-refractivity contribution in [3.63, 3.8) is 0 Å². The maximum Gasteiger partial charge on any atom is 0.326 e. The molecule has 1 aromatic carbocycles. The Morgan fingerprint density at radius 1 is 1.14 bits per heavy atom. The molecule has 0 radical (unpaired) electrons. The number of amides is 1. The van der Waals surface area contributed by atoms with Crippen molar-refractivity contribution in [3.8, 4) is 0 Å². The topological polar surface area (TPSA) is 79.3 Å². The summed E-state index contributed by atoms with van der Waals surface area (Å²) in [7, 11) is 0. The molecular formula is C15H13IN2O3. The van der Waals surface area contributed by atoms with Gasteiger partial charge in [0.15, 0.2) is 0 Å². The quantitative estimate of drug-likeness (QED) is 0.759. The Hall–Kier alpha value is -1.96. The molecule has 0 saturated heterocycles. The molecule has 2 aromatic rings. The van der Waals surface area contributed by atoms with E-state index in [4.69, 9.17) is 0 Å². The molecule has 1 atom stereocenters. The summed E-state index contributed by atoms with van der Waals surface area (Å²) in [5.74, 6) is -1.48. The molecule has 0 bridgehead atoms. The van der Waals surface area contributed by atoms with Gasteiger partial charge in [0.05, 0.1) is 0 Å². The zero-order chi connectivity index (χ0) is 15.2. The minimum atomic E-state index is -1.06. The van der Waals surface area contributed by atoms with Gasteiger partial charge >= 0.3 is 5.97 Å². The summed E-state index contributed by atoms with van der Waals surface area (Å²) >= 11 is 2.18. The predicted octanol–water partition coefficient (Wildman–Crippen LogP) is 2.11. The third-order valence-electron chi connectivity index (χ3n) is 2.90. The Kier molecular flexibility index (Phi) is 5.26. The molecule has 0 saturated carbocycles. The Bertz CT molecular complexity index is 629. The SMILES string of the molecule is O=C(N[C@H](Cc1ccc(I)cc1)C(=O)O)c1ccncc1. The van der Waals surface area contributed by atoms with Crippen molar-refractivity contribution >= 4 is 34.5 Å². The molecule has 1 heterocycles. The smallest absolute Gasteiger partial charge is 0.326 e. The second-order valence-corrected chi connectivity index (χ2v) is 5.68. The number of aromatic nitrogens is 1. The number of carbonyl (C=O) groups excluding carboxylic acids is 1. The van der Waals surface area contributed by atoms with Gasteiger partial charge in [-0.3, -0.25) is 9.78 Å². The zero-order valence-electron chi connectivity index (χ0n) is 11.0. The van der Waals surface area contributed by atoms with E-state index in [0.717, 1.165) is 9.13 Å². The van der Waals surface area contributed by atoms with E-state index < -0.39 is 17.9 Å². The van der Waals surface area contributed by atoms with Gasteiger partial charge in [-0.25, -0.2) is 4.79 Å². The number of nitrogens with one attached hydrogen (secondary N) is 1. The van der Waals surface area contributed by atoms with Gasteiger partial charge < -0.3 is 10.4 Å². The number of carboxylic acids is 1. The summed E-state index contributed by atoms with van der Waals surface area (Å²) in [5, 5.41) is 11.8. The van der Waals surface area contributed by atoms with Gasteiger partial charge in [-0.05, 0) is 52.4 Å². The van der Waals surface area contributed by atoms with Crippen LogP contribution in [0.15, 0.2) is 48.8 Å². The lowest BCUT2D eigenvalue weighted by molar-refractivity contribution is -0.139. The molecule has 108 valence electrons. The highest BCUT2D eigenvalue weighted by Gasteiger charge is 2.21. The fourth-order valence-electron chi connectivity index (χ4n) is 1.80. The fraction of sp³-hybridized carbons (Fsp3) is 0.133. The van der Waals surface area contributed by atoms with Crippen LogP contribution in [0.5, 0.6) is 0 Å². The highest BCUT2D eigenvalue weighted by atomic mass is 127. The van der Waals surface area contributed by atoms with E-state index in [1.54, 1.807) is 12.1 Å². The van der Waals surface area contributed by atoms with Crippen molar-refractivity contribution in [1.29, 1.82) is 0 Å². The highest BCUT2D eigenvalue weighted by molar-refractivity contribution is 14.1. The van der Waals surface area contributed by atoms with Crippen LogP contribution in [0.4, 0.5) is 0 Å². The lowest BCUT2D eigenvalue weighted by Crippen LogP contribution is -2.42. The van der Waals surface area contributed by atoms with Crippen molar-refractivity contribution in [3.05, 3.63) is 63.5 Å². The maximum absolute atomic E-state index is 12.0. The first kappa shape index (κ1) is 15.4. The summed E-state index contributed by atoms with van der Waals surface area (Å²) in [6.07, 6.45) is 3.22. The van der Waals surface area contributed by atoms with Crippen LogP contribution in [0, 0.1) is 3.57 Å². The third kappa shape index (κ3) is 4.52. The average molecular weight is 396 g/mol. The van der Waals surface area contributed by atoms with Gasteiger partial charge in [-0.2, -0.15) is 0 Å². The van der Waals surface area contributed by atoms with E-state index in [1.807, 2.05) is 24.3 Å². The first-order chi connectivity index (χ1) is 10.1. The summed E-state index contributed by atoms with van der Waals surface area (Å²) in [4.78, 5) is 27.1. The molecule has 0 unspecified atom stereocenters. The van der Waals surface area contributed by atoms with Crippen molar-refractivity contribution in [2.24, 2.45) is 0 Å². The number of pyridine rings is 1. The maximum atomic E-state index is 12.0. The van der Waals surface area contributed by atoms with Crippen LogP contribution < -0.4 is 5.32 Å². The van der Waals surface area contributed by atoms with Crippen LogP contribution in [0.2, 0.25) is 0 Å². The van der Waals surface area contributed by atoms with E-state index in [2.05, 4.69) is 32.9 Å². The van der Waals surface area contributed by atoms with Crippen molar-refractivity contribution < 1.29 is 14.7 Å². The number of aliphatic carboxylic acids is 1. The number of benzene rings is 1. The molecule has 2 rings (SSSR count). The average Bonchev–Trinajstić information content (AvgIpc) is 2.49. The molecule has 1 amide bonds. The van der Waals surface area contributed by atoms with Gasteiger partial charge in [0.1, 0.15) is 6.04 Å². The number of rotatable bonds is 5. The molecule has 2 N–H and O–H groups in total. The molecule has 0 spiro atoms. The van der Waals surface area contributed by atoms with Crippen molar-refractivity contribution in [1.82, 2.24) is 10.3 Å². The van der Waals surface area contributed by atoms with Gasteiger partial charge in [0, 0.05) is 27.9 Å². The summed E-state index contributed by atoms with van der Waals surface area (Å²) in [6.45, 7) is 0. The number of carbonyl (C=O) groups is 2. The van der Waals surface area contributed by atoms with Crippen LogP contribution in [0.25, 0.3) is 0 Å². The number of hydrogen-bond acceptors (Lipinski definition) is 3. The Morgan fingerprint density at radius 3 is 2.33 bits per heavy atom. The third-order valence-corrected chi connectivity index (χ3v) is 3.62. The van der Waals surface area contributed by atoms with E-state index in [1.165, 1.54) is 12.4 Å². The molecule has 0 aliphatic heterocycles. The summed E-state index contributed by atoms with van der Waals surface area (Å²) in [6, 6.07) is 9.63. The van der Waals surface area contributed by atoms with Crippen LogP contribution in [0.1, 0.15) is 15.9 Å². The largest absolute Gasteiger partial charge is 0.480 e. The molecule has 1 aromatic heterocycles. The van der Waals surface area contributed by atoms with Gasteiger partial charge in [0.25, 0.3) is 5.91 Å². The van der Waals surface area contributed by atoms with Crippen LogP contribution >= 0.6 is 22.6 Å². The van der Waals surface area contributed by atoms with E-state index >= 15 is 0 Å². The number of hydrogen-bond donors (Lipinski definition) is 2. The van der Waals surface area contributed by atoms with Gasteiger partial charge in [0.2, 0.25) is 0 Å². The number of carboxylic acid groups (broad SMARTS) is 1. The first-order valence-corrected chi connectivity index (χ1v) is 7.32. The first-order valence-electron chi connectivity index (χ1n) is 6.24. The van der Waals surface area contributed by atoms with E-state index in [0.29, 0.717) is 5.56 Å². The Morgan fingerprint density at radius 2 is 1.76 bits per heavy atom. The molecule has 5 nitrogen and oxygen atoms in total. The Balaban J connectivity index is 2.07. The fourth-order valence-corrected chi connectivity index (χ4v) is 2.16. The van der Waals surface area contributed by atoms with E-state index in [9.17, 15) is 14.7 Å². The summed E-state index contributed by atoms with van der Waals surface area (Å²) in [5.41, 5.74) is 1.25. The van der Waals surface area contributed by atoms with Gasteiger partial charge in [-0.15, -0.1) is 0 Å². The van der Waals surface area contributed by atoms with Crippen LogP contribution in [-0.2, 0) is 11.2 Å². The number of nitrogens with zero attached hydrogens (tertiary/aromatic N) is 1. The van der Waals surface area contributed by atoms with Crippen molar-refractivity contribution in [2.75, 3.05) is 0 Å². The molecule has 21 heavy (non-hydrogen) atoms. The minimum Gasteiger partial charge on any atom is -0.480 e. The molecule has 6 heteroatoms. The molecule has 0 fully saturated rings. The van der Waals surface area contributed by atoms with Gasteiger partial charge in [-0.1, -0.05) is 12.1 Å². The second kappa shape index (κ2) is 7.16.